The van der Waals surface area contributed by atoms with E-state index in [0.717, 1.165) is 0 Å². The van der Waals surface area contributed by atoms with Crippen molar-refractivity contribution < 1.29 is 43.2 Å². The second-order valence-corrected chi connectivity index (χ2v) is 0.433. The van der Waals surface area contributed by atoms with E-state index in [9.17, 15) is 0 Å². The predicted octanol–water partition coefficient (Wildman–Crippen LogP) is -0.618. The summed E-state index contributed by atoms with van der Waals surface area (Å²) < 4.78 is 17.0. The summed E-state index contributed by atoms with van der Waals surface area (Å²) >= 11 is -2.00. The minimum atomic E-state index is -2.00. The van der Waals surface area contributed by atoms with Gasteiger partial charge in [-0.05, 0) is 0 Å². The van der Waals surface area contributed by atoms with Crippen LogP contribution in [-0.4, -0.2) is 15.3 Å². The van der Waals surface area contributed by atoms with E-state index >= 15 is 0 Å². The van der Waals surface area contributed by atoms with Gasteiger partial charge in [-0.1, -0.05) is 0 Å². The zero-order valence-electron chi connectivity index (χ0n) is 1.89. The van der Waals surface area contributed by atoms with Crippen molar-refractivity contribution in [1.29, 1.82) is 0 Å². The van der Waals surface area contributed by atoms with Gasteiger partial charge in [-0.25, -0.2) is 0 Å². The zero-order valence-corrected chi connectivity index (χ0v) is 7.62. The van der Waals surface area contributed by atoms with Crippen molar-refractivity contribution in [2.24, 2.45) is 0 Å². The van der Waals surface area contributed by atoms with Crippen LogP contribution in [0.25, 0.3) is 0 Å². The van der Waals surface area contributed by atoms with E-state index in [4.69, 9.17) is 7.56 Å². The van der Waals surface area contributed by atoms with Crippen LogP contribution >= 0.6 is 0 Å². The van der Waals surface area contributed by atoms with E-state index in [1.54, 1.807) is 0 Å². The molecule has 0 aromatic carbocycles. The molecule has 0 rings (SSSR count). The summed E-state index contributed by atoms with van der Waals surface area (Å²) in [5.74, 6) is 0. The Morgan fingerprint density at radius 2 is 1.25 bits per heavy atom. The molecule has 0 amide bonds. The fourth-order valence-electron chi connectivity index (χ4n) is 0. The van der Waals surface area contributed by atoms with Gasteiger partial charge in [0, 0.05) is 35.6 Å². The molecule has 0 fully saturated rings. The van der Waals surface area contributed by atoms with Gasteiger partial charge >= 0.3 is 22.9 Å². The molecule has 19 valence electrons. The molecule has 0 saturated carbocycles. The van der Waals surface area contributed by atoms with Crippen LogP contribution in [0.15, 0.2) is 0 Å². The van der Waals surface area contributed by atoms with Crippen LogP contribution < -0.4 is 0 Å². The van der Waals surface area contributed by atoms with Crippen molar-refractivity contribution in [2.45, 2.75) is 0 Å². The molecule has 2 nitrogen and oxygen atoms in total. The second kappa shape index (κ2) is 8.84. The molecule has 0 spiro atoms. The van der Waals surface area contributed by atoms with Gasteiger partial charge in [0.15, 0.2) is 0 Å². The molecule has 0 aliphatic heterocycles. The maximum absolute atomic E-state index is 8.50. The van der Waals surface area contributed by atoms with Gasteiger partial charge in [-0.15, -0.1) is 0 Å². The molecule has 0 atom stereocenters. The summed E-state index contributed by atoms with van der Waals surface area (Å²) in [6.07, 6.45) is 0. The summed E-state index contributed by atoms with van der Waals surface area (Å²) in [7, 11) is 0. The van der Waals surface area contributed by atoms with E-state index in [1.165, 1.54) is 0 Å². The van der Waals surface area contributed by atoms with Crippen LogP contribution in [0.4, 0.5) is 0 Å². The molecular weight excluding hydrogens is 244 g/mol. The first-order valence-corrected chi connectivity index (χ1v) is 2.12. The van der Waals surface area contributed by atoms with Crippen LogP contribution in [0.5, 0.6) is 0 Å². The van der Waals surface area contributed by atoms with Gasteiger partial charge in [0.25, 0.3) is 0 Å². The Bertz CT molecular complexity index is 27.0. The predicted molar refractivity (Wildman–Crippen MR) is 7.13 cm³/mol. The van der Waals surface area contributed by atoms with Crippen LogP contribution in [0, 0.1) is 35.6 Å². The SMILES string of the molecule is [La].[O]=[Ge]=[O]. The standard InChI is InChI=1S/GeO2.La/c2-1-3;. The number of hydrogen-bond donors (Lipinski definition) is 0. The van der Waals surface area contributed by atoms with E-state index in [0.29, 0.717) is 0 Å². The third-order valence-electron chi connectivity index (χ3n) is 0. The van der Waals surface area contributed by atoms with Gasteiger partial charge in [0.05, 0.1) is 0 Å². The summed E-state index contributed by atoms with van der Waals surface area (Å²) in [5, 5.41) is 0. The van der Waals surface area contributed by atoms with Crippen LogP contribution in [0.1, 0.15) is 0 Å². The summed E-state index contributed by atoms with van der Waals surface area (Å²) in [5.41, 5.74) is 0. The van der Waals surface area contributed by atoms with Gasteiger partial charge in [0.1, 0.15) is 0 Å². The van der Waals surface area contributed by atoms with Gasteiger partial charge < -0.3 is 0 Å². The van der Waals surface area contributed by atoms with Crippen LogP contribution in [0.2, 0.25) is 0 Å². The van der Waals surface area contributed by atoms with E-state index in [-0.39, 0.29) is 35.6 Å². The molecule has 0 bridgehead atoms. The van der Waals surface area contributed by atoms with Crippen molar-refractivity contribution in [3.8, 4) is 0 Å². The first kappa shape index (κ1) is 9.02. The quantitative estimate of drug-likeness (QED) is 0.532. The average molecular weight is 244 g/mol. The molecule has 0 N–H and O–H groups in total. The molecule has 1 radical (unpaired) electrons. The van der Waals surface area contributed by atoms with Crippen molar-refractivity contribution >= 4 is 15.3 Å². The number of rotatable bonds is 0. The van der Waals surface area contributed by atoms with Crippen molar-refractivity contribution in [3.05, 3.63) is 0 Å². The summed E-state index contributed by atoms with van der Waals surface area (Å²) in [6.45, 7) is 0. The van der Waals surface area contributed by atoms with Crippen LogP contribution in [-0.2, 0) is 7.56 Å². The first-order valence-electron chi connectivity index (χ1n) is 0.408. The monoisotopic (exact) mass is 245 g/mol. The third-order valence-corrected chi connectivity index (χ3v) is 0. The minimum absolute atomic E-state index is 0. The molecule has 4 heteroatoms. The molecule has 0 heterocycles. The van der Waals surface area contributed by atoms with Crippen molar-refractivity contribution in [1.82, 2.24) is 0 Å². The van der Waals surface area contributed by atoms with Gasteiger partial charge in [0.2, 0.25) is 0 Å². The third kappa shape index (κ3) is 10.2. The molecule has 0 saturated heterocycles. The average Bonchev–Trinajstić information content (AvgIpc) is 0.918. The Balaban J connectivity index is 0. The fraction of sp³-hybridized carbons (Fsp3) is 0. The summed E-state index contributed by atoms with van der Waals surface area (Å²) in [4.78, 5) is 0. The van der Waals surface area contributed by atoms with Crippen molar-refractivity contribution in [3.63, 3.8) is 0 Å². The maximum atomic E-state index is 8.50. The molecule has 0 unspecified atom stereocenters. The molecule has 0 aliphatic rings. The van der Waals surface area contributed by atoms with Gasteiger partial charge in [-0.3, -0.25) is 0 Å². The second-order valence-electron chi connectivity index (χ2n) is 0.0833. The molecule has 0 aromatic rings. The Hall–Kier alpha value is 1.34. The topological polar surface area (TPSA) is 34.1 Å². The fourth-order valence-corrected chi connectivity index (χ4v) is 0. The Morgan fingerprint density at radius 3 is 1.25 bits per heavy atom. The summed E-state index contributed by atoms with van der Waals surface area (Å²) in [6, 6.07) is 0. The van der Waals surface area contributed by atoms with Gasteiger partial charge in [-0.2, -0.15) is 0 Å². The molecular formula is GeLaO2. The molecule has 4 heavy (non-hydrogen) atoms. The zero-order chi connectivity index (χ0) is 2.71. The Labute approximate surface area is 57.8 Å². The van der Waals surface area contributed by atoms with E-state index in [1.807, 2.05) is 0 Å². The number of hydrogen-bond acceptors (Lipinski definition) is 2. The van der Waals surface area contributed by atoms with E-state index in [2.05, 4.69) is 0 Å². The van der Waals surface area contributed by atoms with E-state index < -0.39 is 15.3 Å². The first-order chi connectivity index (χ1) is 1.41. The van der Waals surface area contributed by atoms with Crippen LogP contribution in [0.3, 0.4) is 0 Å². The molecule has 0 aliphatic carbocycles. The normalized spacial score (nSPS) is 2.00. The Kier molecular flexibility index (Phi) is 19.9. The molecule has 0 aromatic heterocycles. The van der Waals surface area contributed by atoms with Crippen molar-refractivity contribution in [2.75, 3.05) is 0 Å². The Morgan fingerprint density at radius 1 is 1.25 bits per heavy atom.